The predicted octanol–water partition coefficient (Wildman–Crippen LogP) is 2.00. The van der Waals surface area contributed by atoms with Crippen LogP contribution in [0.25, 0.3) is 0 Å². The van der Waals surface area contributed by atoms with E-state index < -0.39 is 6.10 Å². The molecule has 2 rings (SSSR count). The Bertz CT molecular complexity index is 468. The summed E-state index contributed by atoms with van der Waals surface area (Å²) in [7, 11) is 0. The second kappa shape index (κ2) is 4.68. The fourth-order valence-corrected chi connectivity index (χ4v) is 1.46. The molecule has 1 aromatic heterocycles. The number of carbonyl (C=O) groups is 1. The Balaban J connectivity index is 2.24. The van der Waals surface area contributed by atoms with Crippen molar-refractivity contribution < 1.29 is 9.90 Å². The first kappa shape index (κ1) is 10.5. The van der Waals surface area contributed by atoms with E-state index in [4.69, 9.17) is 0 Å². The van der Waals surface area contributed by atoms with E-state index in [9.17, 15) is 9.90 Å². The molecule has 0 saturated heterocycles. The summed E-state index contributed by atoms with van der Waals surface area (Å²) in [5.41, 5.74) is 1.07. The molecule has 1 atom stereocenters. The van der Waals surface area contributed by atoms with Crippen LogP contribution >= 0.6 is 0 Å². The van der Waals surface area contributed by atoms with Crippen LogP contribution in [0.3, 0.4) is 0 Å². The molecule has 80 valence electrons. The van der Waals surface area contributed by atoms with Gasteiger partial charge in [0.1, 0.15) is 6.10 Å². The molecule has 1 aromatic carbocycles. The molecule has 0 amide bonds. The predicted molar refractivity (Wildman–Crippen MR) is 60.0 cm³/mol. The lowest BCUT2D eigenvalue weighted by molar-refractivity contribution is 0.0747. The van der Waals surface area contributed by atoms with Gasteiger partial charge >= 0.3 is 0 Å². The van der Waals surface area contributed by atoms with Gasteiger partial charge in [0, 0.05) is 18.0 Å². The fourth-order valence-electron chi connectivity index (χ4n) is 1.46. The van der Waals surface area contributed by atoms with Gasteiger partial charge in [0.15, 0.2) is 5.78 Å². The van der Waals surface area contributed by atoms with Gasteiger partial charge < -0.3 is 5.11 Å². The van der Waals surface area contributed by atoms with Gasteiger partial charge in [0.05, 0.1) is 0 Å². The van der Waals surface area contributed by atoms with E-state index in [2.05, 4.69) is 4.98 Å². The molecule has 16 heavy (non-hydrogen) atoms. The summed E-state index contributed by atoms with van der Waals surface area (Å²) in [6.07, 6.45) is 1.96. The van der Waals surface area contributed by atoms with Gasteiger partial charge in [-0.15, -0.1) is 0 Å². The molecule has 0 aliphatic carbocycles. The van der Waals surface area contributed by atoms with Gasteiger partial charge in [-0.25, -0.2) is 0 Å². The molecule has 1 N–H and O–H groups in total. The zero-order valence-electron chi connectivity index (χ0n) is 8.58. The van der Waals surface area contributed by atoms with Crippen LogP contribution in [0.5, 0.6) is 0 Å². The molecule has 0 bridgehead atoms. The standard InChI is InChI=1S/C13H11NO2/c15-12(10-4-2-1-3-5-10)13(16)11-6-8-14-9-7-11/h1-9,12,15H. The first-order valence-electron chi connectivity index (χ1n) is 4.96. The van der Waals surface area contributed by atoms with Crippen LogP contribution in [0, 0.1) is 0 Å². The third-order valence-electron chi connectivity index (χ3n) is 2.33. The molecular weight excluding hydrogens is 202 g/mol. The van der Waals surface area contributed by atoms with E-state index in [1.54, 1.807) is 36.4 Å². The van der Waals surface area contributed by atoms with Crippen LogP contribution in [0.15, 0.2) is 54.9 Å². The zero-order chi connectivity index (χ0) is 11.4. The Morgan fingerprint density at radius 3 is 2.31 bits per heavy atom. The first-order valence-corrected chi connectivity index (χ1v) is 4.96. The summed E-state index contributed by atoms with van der Waals surface area (Å²) in [6, 6.07) is 12.1. The molecule has 2 aromatic rings. The number of benzene rings is 1. The first-order chi connectivity index (χ1) is 7.79. The highest BCUT2D eigenvalue weighted by Gasteiger charge is 2.18. The van der Waals surface area contributed by atoms with Crippen molar-refractivity contribution in [2.24, 2.45) is 0 Å². The summed E-state index contributed by atoms with van der Waals surface area (Å²) in [5, 5.41) is 9.87. The highest BCUT2D eigenvalue weighted by molar-refractivity contribution is 5.99. The molecule has 3 nitrogen and oxygen atoms in total. The molecule has 1 unspecified atom stereocenters. The Labute approximate surface area is 93.4 Å². The third-order valence-corrected chi connectivity index (χ3v) is 2.33. The summed E-state index contributed by atoms with van der Waals surface area (Å²) in [6.45, 7) is 0. The normalized spacial score (nSPS) is 12.1. The van der Waals surface area contributed by atoms with Gasteiger partial charge in [-0.1, -0.05) is 30.3 Å². The number of aliphatic hydroxyl groups excluding tert-OH is 1. The monoisotopic (exact) mass is 213 g/mol. The zero-order valence-corrected chi connectivity index (χ0v) is 8.58. The lowest BCUT2D eigenvalue weighted by Crippen LogP contribution is -2.12. The fraction of sp³-hybridized carbons (Fsp3) is 0.0769. The molecule has 0 radical (unpaired) electrons. The molecular formula is C13H11NO2. The smallest absolute Gasteiger partial charge is 0.195 e. The van der Waals surface area contributed by atoms with Crippen LogP contribution in [0.4, 0.5) is 0 Å². The van der Waals surface area contributed by atoms with Crippen LogP contribution < -0.4 is 0 Å². The Morgan fingerprint density at radius 2 is 1.69 bits per heavy atom. The van der Waals surface area contributed by atoms with Crippen molar-refractivity contribution in [3.63, 3.8) is 0 Å². The average molecular weight is 213 g/mol. The van der Waals surface area contributed by atoms with E-state index in [1.807, 2.05) is 6.07 Å². The van der Waals surface area contributed by atoms with Gasteiger partial charge in [0.25, 0.3) is 0 Å². The highest BCUT2D eigenvalue weighted by atomic mass is 16.3. The lowest BCUT2D eigenvalue weighted by atomic mass is 10.0. The van der Waals surface area contributed by atoms with E-state index in [0.29, 0.717) is 11.1 Å². The Kier molecular flexibility index (Phi) is 3.08. The third kappa shape index (κ3) is 2.15. The van der Waals surface area contributed by atoms with Crippen LogP contribution in [0.1, 0.15) is 22.0 Å². The minimum absolute atomic E-state index is 0.311. The number of nitrogens with zero attached hydrogens (tertiary/aromatic N) is 1. The second-order valence-corrected chi connectivity index (χ2v) is 3.41. The topological polar surface area (TPSA) is 50.2 Å². The van der Waals surface area contributed by atoms with Crippen molar-refractivity contribution in [2.45, 2.75) is 6.10 Å². The van der Waals surface area contributed by atoms with Crippen molar-refractivity contribution in [3.05, 3.63) is 66.0 Å². The number of rotatable bonds is 3. The maximum absolute atomic E-state index is 11.9. The second-order valence-electron chi connectivity index (χ2n) is 3.41. The molecule has 0 fully saturated rings. The van der Waals surface area contributed by atoms with E-state index >= 15 is 0 Å². The van der Waals surface area contributed by atoms with Crippen molar-refractivity contribution in [1.29, 1.82) is 0 Å². The van der Waals surface area contributed by atoms with Crippen LogP contribution in [-0.2, 0) is 0 Å². The number of pyridine rings is 1. The summed E-state index contributed by atoms with van der Waals surface area (Å²) < 4.78 is 0. The van der Waals surface area contributed by atoms with Crippen molar-refractivity contribution in [3.8, 4) is 0 Å². The Hall–Kier alpha value is -2.00. The summed E-state index contributed by atoms with van der Waals surface area (Å²) >= 11 is 0. The quantitative estimate of drug-likeness (QED) is 0.793. The molecule has 0 aliphatic heterocycles. The highest BCUT2D eigenvalue weighted by Crippen LogP contribution is 2.17. The molecule has 1 heterocycles. The number of Topliss-reactive ketones (excluding diaryl/α,β-unsaturated/α-hetero) is 1. The Morgan fingerprint density at radius 1 is 1.06 bits per heavy atom. The summed E-state index contributed by atoms with van der Waals surface area (Å²) in [4.78, 5) is 15.7. The van der Waals surface area contributed by atoms with Crippen molar-refractivity contribution >= 4 is 5.78 Å². The summed E-state index contributed by atoms with van der Waals surface area (Å²) in [5.74, 6) is -0.311. The lowest BCUT2D eigenvalue weighted by Gasteiger charge is -2.09. The largest absolute Gasteiger partial charge is 0.380 e. The molecule has 0 saturated carbocycles. The van der Waals surface area contributed by atoms with Gasteiger partial charge in [-0.3, -0.25) is 9.78 Å². The number of aromatic nitrogens is 1. The van der Waals surface area contributed by atoms with Crippen LogP contribution in [-0.4, -0.2) is 15.9 Å². The van der Waals surface area contributed by atoms with Crippen molar-refractivity contribution in [1.82, 2.24) is 4.98 Å². The number of carbonyl (C=O) groups excluding carboxylic acids is 1. The average Bonchev–Trinajstić information content (AvgIpc) is 2.39. The molecule has 0 aliphatic rings. The number of hydrogen-bond donors (Lipinski definition) is 1. The van der Waals surface area contributed by atoms with Crippen LogP contribution in [0.2, 0.25) is 0 Å². The van der Waals surface area contributed by atoms with E-state index in [0.717, 1.165) is 0 Å². The number of hydrogen-bond acceptors (Lipinski definition) is 3. The van der Waals surface area contributed by atoms with E-state index in [1.165, 1.54) is 12.4 Å². The minimum Gasteiger partial charge on any atom is -0.380 e. The molecule has 3 heteroatoms. The minimum atomic E-state index is -1.11. The van der Waals surface area contributed by atoms with Crippen molar-refractivity contribution in [2.75, 3.05) is 0 Å². The van der Waals surface area contributed by atoms with Gasteiger partial charge in [0.2, 0.25) is 0 Å². The number of aliphatic hydroxyl groups is 1. The number of ketones is 1. The maximum Gasteiger partial charge on any atom is 0.195 e. The molecule has 0 spiro atoms. The van der Waals surface area contributed by atoms with E-state index in [-0.39, 0.29) is 5.78 Å². The SMILES string of the molecule is O=C(c1ccncc1)C(O)c1ccccc1. The van der Waals surface area contributed by atoms with Gasteiger partial charge in [-0.05, 0) is 17.7 Å². The maximum atomic E-state index is 11.9. The van der Waals surface area contributed by atoms with Gasteiger partial charge in [-0.2, -0.15) is 0 Å².